The number of hydroxylamine groups is 2. The summed E-state index contributed by atoms with van der Waals surface area (Å²) in [6, 6.07) is 15.2. The summed E-state index contributed by atoms with van der Waals surface area (Å²) in [6.45, 7) is 0.420. The molecule has 0 spiro atoms. The molecule has 1 saturated heterocycles. The Morgan fingerprint density at radius 2 is 1.69 bits per heavy atom. The van der Waals surface area contributed by atoms with Gasteiger partial charge in [0.25, 0.3) is 5.92 Å². The Hall–Kier alpha value is -2.84. The molecule has 2 aliphatic rings. The van der Waals surface area contributed by atoms with Crippen molar-refractivity contribution in [3.8, 4) is 0 Å². The first kappa shape index (κ1) is 22.4. The van der Waals surface area contributed by atoms with E-state index >= 15 is 0 Å². The fraction of sp³-hybridized carbons (Fsp3) is 0.417. The molecule has 1 aliphatic carbocycles. The van der Waals surface area contributed by atoms with E-state index < -0.39 is 23.8 Å². The Bertz CT molecular complexity index is 951. The minimum absolute atomic E-state index is 0.0233. The van der Waals surface area contributed by atoms with Gasteiger partial charge in [-0.2, -0.15) is 0 Å². The number of nitrogens with zero attached hydrogens (tertiary/aromatic N) is 1. The maximum atomic E-state index is 13.2. The standard InChI is InChI=1S/C24H25F2NO5/c1-30-22(28)18-9-7-16(8-10-18)21-13-20(31-15-19-14-24(19,25)26)11-12-27(21)32-23(29)17-5-3-2-4-6-17/h2-10,19-21H,11-15H2,1H3/t19?,20-,21-/m0/s1. The Balaban J connectivity index is 1.48. The second-order valence-corrected chi connectivity index (χ2v) is 8.16. The predicted molar refractivity (Wildman–Crippen MR) is 111 cm³/mol. The number of ether oxygens (including phenoxy) is 2. The molecule has 3 atom stereocenters. The minimum atomic E-state index is -2.62. The molecule has 0 radical (unpaired) electrons. The highest BCUT2D eigenvalue weighted by Gasteiger charge is 2.57. The Kier molecular flexibility index (Phi) is 6.53. The Morgan fingerprint density at radius 3 is 2.31 bits per heavy atom. The molecule has 6 nitrogen and oxygen atoms in total. The normalized spacial score (nSPS) is 24.5. The second-order valence-electron chi connectivity index (χ2n) is 8.16. The van der Waals surface area contributed by atoms with Gasteiger partial charge in [0, 0.05) is 13.0 Å². The van der Waals surface area contributed by atoms with E-state index in [9.17, 15) is 18.4 Å². The molecular weight excluding hydrogens is 420 g/mol. The van der Waals surface area contributed by atoms with Gasteiger partial charge in [-0.1, -0.05) is 30.3 Å². The van der Waals surface area contributed by atoms with Crippen LogP contribution in [-0.2, 0) is 14.3 Å². The number of piperidine rings is 1. The van der Waals surface area contributed by atoms with E-state index in [1.165, 1.54) is 7.11 Å². The van der Waals surface area contributed by atoms with Crippen LogP contribution in [0.4, 0.5) is 8.78 Å². The Morgan fingerprint density at radius 1 is 1.03 bits per heavy atom. The third kappa shape index (κ3) is 5.14. The monoisotopic (exact) mass is 445 g/mol. The first-order chi connectivity index (χ1) is 15.4. The first-order valence-electron chi connectivity index (χ1n) is 10.6. The molecule has 2 fully saturated rings. The van der Waals surface area contributed by atoms with Crippen molar-refractivity contribution in [2.75, 3.05) is 20.3 Å². The predicted octanol–water partition coefficient (Wildman–Crippen LogP) is 4.42. The first-order valence-corrected chi connectivity index (χ1v) is 10.6. The number of hydrogen-bond donors (Lipinski definition) is 0. The van der Waals surface area contributed by atoms with Crippen LogP contribution in [0.15, 0.2) is 54.6 Å². The summed E-state index contributed by atoms with van der Waals surface area (Å²) in [5, 5.41) is 1.61. The highest BCUT2D eigenvalue weighted by atomic mass is 19.3. The van der Waals surface area contributed by atoms with E-state index in [1.54, 1.807) is 53.6 Å². The summed E-state index contributed by atoms with van der Waals surface area (Å²) in [6.07, 6.45) is 0.664. The third-order valence-corrected chi connectivity index (χ3v) is 5.92. The van der Waals surface area contributed by atoms with Gasteiger partial charge < -0.3 is 14.3 Å². The van der Waals surface area contributed by atoms with Crippen LogP contribution in [0, 0.1) is 5.92 Å². The van der Waals surface area contributed by atoms with Crippen molar-refractivity contribution in [3.05, 3.63) is 71.3 Å². The van der Waals surface area contributed by atoms with Crippen molar-refractivity contribution in [2.24, 2.45) is 5.92 Å². The van der Waals surface area contributed by atoms with Crippen molar-refractivity contribution >= 4 is 11.9 Å². The van der Waals surface area contributed by atoms with E-state index in [2.05, 4.69) is 0 Å². The lowest BCUT2D eigenvalue weighted by Crippen LogP contribution is -2.41. The summed E-state index contributed by atoms with van der Waals surface area (Å²) >= 11 is 0. The molecule has 0 bridgehead atoms. The average molecular weight is 445 g/mol. The lowest BCUT2D eigenvalue weighted by molar-refractivity contribution is -0.174. The van der Waals surface area contributed by atoms with Crippen LogP contribution in [0.25, 0.3) is 0 Å². The number of esters is 1. The summed E-state index contributed by atoms with van der Waals surface area (Å²) in [7, 11) is 1.31. The van der Waals surface area contributed by atoms with Gasteiger partial charge in [-0.05, 0) is 42.7 Å². The van der Waals surface area contributed by atoms with Crippen LogP contribution in [0.1, 0.15) is 51.6 Å². The molecule has 1 saturated carbocycles. The number of carbonyl (C=O) groups is 2. The lowest BCUT2D eigenvalue weighted by Gasteiger charge is -2.38. The van der Waals surface area contributed by atoms with Gasteiger partial charge in [0.2, 0.25) is 0 Å². The maximum absolute atomic E-state index is 13.2. The molecule has 8 heteroatoms. The van der Waals surface area contributed by atoms with Gasteiger partial charge in [-0.3, -0.25) is 0 Å². The zero-order valence-electron chi connectivity index (χ0n) is 17.7. The molecule has 4 rings (SSSR count). The number of methoxy groups -OCH3 is 1. The highest BCUT2D eigenvalue weighted by Crippen LogP contribution is 2.49. The quantitative estimate of drug-likeness (QED) is 0.588. The molecule has 2 aromatic carbocycles. The summed E-state index contributed by atoms with van der Waals surface area (Å²) in [5.74, 6) is -4.25. The van der Waals surface area contributed by atoms with Crippen molar-refractivity contribution < 1.29 is 32.7 Å². The van der Waals surface area contributed by atoms with Gasteiger partial charge in [-0.25, -0.2) is 18.4 Å². The smallest absolute Gasteiger partial charge is 0.357 e. The lowest BCUT2D eigenvalue weighted by atomic mass is 9.94. The van der Waals surface area contributed by atoms with Crippen LogP contribution >= 0.6 is 0 Å². The SMILES string of the molecule is COC(=O)c1ccc([C@@H]2C[C@@H](OCC3CC3(F)F)CCN2OC(=O)c2ccccc2)cc1. The van der Waals surface area contributed by atoms with Gasteiger partial charge in [0.1, 0.15) is 0 Å². The van der Waals surface area contributed by atoms with E-state index in [0.29, 0.717) is 30.5 Å². The van der Waals surface area contributed by atoms with Crippen molar-refractivity contribution in [2.45, 2.75) is 37.3 Å². The third-order valence-electron chi connectivity index (χ3n) is 5.92. The number of halogens is 2. The van der Waals surface area contributed by atoms with E-state index in [4.69, 9.17) is 14.3 Å². The van der Waals surface area contributed by atoms with Crippen LogP contribution in [-0.4, -0.2) is 49.3 Å². The molecule has 0 amide bonds. The van der Waals surface area contributed by atoms with Crippen LogP contribution in [0.3, 0.4) is 0 Å². The highest BCUT2D eigenvalue weighted by molar-refractivity contribution is 5.89. The fourth-order valence-corrected chi connectivity index (χ4v) is 3.87. The molecular formula is C24H25F2NO5. The van der Waals surface area contributed by atoms with Crippen molar-refractivity contribution in [1.29, 1.82) is 0 Å². The van der Waals surface area contributed by atoms with E-state index in [-0.39, 0.29) is 25.2 Å². The van der Waals surface area contributed by atoms with E-state index in [1.807, 2.05) is 6.07 Å². The molecule has 170 valence electrons. The van der Waals surface area contributed by atoms with Gasteiger partial charge >= 0.3 is 11.9 Å². The molecule has 0 aromatic heterocycles. The summed E-state index contributed by atoms with van der Waals surface area (Å²) < 4.78 is 36.9. The number of rotatable bonds is 7. The number of alkyl halides is 2. The number of benzene rings is 2. The van der Waals surface area contributed by atoms with Crippen molar-refractivity contribution in [3.63, 3.8) is 0 Å². The summed E-state index contributed by atoms with van der Waals surface area (Å²) in [4.78, 5) is 30.0. The second kappa shape index (κ2) is 9.34. The zero-order chi connectivity index (χ0) is 22.7. The van der Waals surface area contributed by atoms with Gasteiger partial charge in [0.15, 0.2) is 0 Å². The topological polar surface area (TPSA) is 65.1 Å². The van der Waals surface area contributed by atoms with Gasteiger partial charge in [-0.15, -0.1) is 5.06 Å². The average Bonchev–Trinajstić information content (AvgIpc) is 3.44. The molecule has 1 unspecified atom stereocenters. The Labute approximate surface area is 185 Å². The molecule has 32 heavy (non-hydrogen) atoms. The molecule has 0 N–H and O–H groups in total. The van der Waals surface area contributed by atoms with Crippen molar-refractivity contribution in [1.82, 2.24) is 5.06 Å². The maximum Gasteiger partial charge on any atom is 0.357 e. The van der Waals surface area contributed by atoms with Crippen LogP contribution < -0.4 is 0 Å². The molecule has 2 aromatic rings. The van der Waals surface area contributed by atoms with Crippen LogP contribution in [0.2, 0.25) is 0 Å². The molecule has 1 heterocycles. The summed E-state index contributed by atoms with van der Waals surface area (Å²) in [5.41, 5.74) is 1.66. The largest absolute Gasteiger partial charge is 0.465 e. The number of carbonyl (C=O) groups excluding carboxylic acids is 2. The van der Waals surface area contributed by atoms with E-state index in [0.717, 1.165) is 5.56 Å². The number of hydrogen-bond acceptors (Lipinski definition) is 6. The zero-order valence-corrected chi connectivity index (χ0v) is 17.7. The van der Waals surface area contributed by atoms with Crippen LogP contribution in [0.5, 0.6) is 0 Å². The minimum Gasteiger partial charge on any atom is -0.465 e. The molecule has 1 aliphatic heterocycles. The van der Waals surface area contributed by atoms with Gasteiger partial charge in [0.05, 0.1) is 42.9 Å². The fourth-order valence-electron chi connectivity index (χ4n) is 3.87.